The monoisotopic (exact) mass is 288 g/mol. The minimum atomic E-state index is -0.539. The van der Waals surface area contributed by atoms with Crippen LogP contribution in [0, 0.1) is 10.1 Å². The normalized spacial score (nSPS) is 9.05. The molecule has 0 atom stereocenters. The van der Waals surface area contributed by atoms with Crippen molar-refractivity contribution in [2.75, 3.05) is 6.54 Å². The Labute approximate surface area is 141 Å². The third kappa shape index (κ3) is 9.69. The van der Waals surface area contributed by atoms with Gasteiger partial charge in [-0.25, -0.2) is 0 Å². The van der Waals surface area contributed by atoms with Crippen molar-refractivity contribution < 1.29 is 34.0 Å². The molecule has 2 N–H and O–H groups in total. The SMILES string of the molecule is NCCc1ccco1.O=[N+]([O-])/C=C/c1ccco1.[AlH3].[H-].[Li+]. The molecule has 104 valence electrons. The Morgan fingerprint density at radius 2 is 1.95 bits per heavy atom. The number of rotatable bonds is 4. The van der Waals surface area contributed by atoms with E-state index in [1.165, 1.54) is 12.3 Å². The van der Waals surface area contributed by atoms with E-state index in [1.807, 2.05) is 12.1 Å². The minimum Gasteiger partial charge on any atom is -1.00 e. The van der Waals surface area contributed by atoms with Crippen LogP contribution in [0.1, 0.15) is 12.9 Å². The molecule has 0 fully saturated rings. The Morgan fingerprint density at radius 1 is 1.30 bits per heavy atom. The molecule has 0 unspecified atom stereocenters. The average molecular weight is 288 g/mol. The van der Waals surface area contributed by atoms with Crippen molar-refractivity contribution in [3.8, 4) is 0 Å². The van der Waals surface area contributed by atoms with E-state index in [9.17, 15) is 10.1 Å². The molecule has 2 aromatic rings. The summed E-state index contributed by atoms with van der Waals surface area (Å²) >= 11 is 0. The summed E-state index contributed by atoms with van der Waals surface area (Å²) in [6, 6.07) is 7.09. The van der Waals surface area contributed by atoms with Gasteiger partial charge < -0.3 is 16.0 Å². The second-order valence-corrected chi connectivity index (χ2v) is 3.23. The van der Waals surface area contributed by atoms with Gasteiger partial charge in [-0.05, 0) is 30.8 Å². The first kappa shape index (κ1) is 21.1. The summed E-state index contributed by atoms with van der Waals surface area (Å²) in [5, 5.41) is 9.77. The van der Waals surface area contributed by atoms with Gasteiger partial charge in [-0.2, -0.15) is 0 Å². The fourth-order valence-corrected chi connectivity index (χ4v) is 1.12. The maximum Gasteiger partial charge on any atom is 1.00 e. The number of hydrogen-bond acceptors (Lipinski definition) is 5. The summed E-state index contributed by atoms with van der Waals surface area (Å²) < 4.78 is 9.79. The Hall–Kier alpha value is -1.21. The van der Waals surface area contributed by atoms with Gasteiger partial charge >= 0.3 is 18.9 Å². The Bertz CT molecular complexity index is 477. The van der Waals surface area contributed by atoms with Crippen molar-refractivity contribution in [3.63, 3.8) is 0 Å². The van der Waals surface area contributed by atoms with E-state index in [-0.39, 0.29) is 37.6 Å². The van der Waals surface area contributed by atoms with Crippen LogP contribution in [0.5, 0.6) is 0 Å². The van der Waals surface area contributed by atoms with Crippen LogP contribution in [0.2, 0.25) is 0 Å². The standard InChI is InChI=1S/C6H5NO3.C6H9NO.Al.Li.4H/c8-7(9)4-3-6-2-1-5-10-6;7-4-3-6-2-1-5-8-6;;;;;;/h1-5H;1-2,5H,3-4,7H2;;;;;;/q;;;+1;;;;-1/b4-3+;;;;;;;. The van der Waals surface area contributed by atoms with E-state index in [2.05, 4.69) is 0 Å². The maximum atomic E-state index is 9.77. The van der Waals surface area contributed by atoms with Crippen LogP contribution in [0.3, 0.4) is 0 Å². The minimum absolute atomic E-state index is 0. The Balaban J connectivity index is -0.000000274. The summed E-state index contributed by atoms with van der Waals surface area (Å²) in [6.07, 6.45) is 6.08. The van der Waals surface area contributed by atoms with Gasteiger partial charge in [0.15, 0.2) is 17.4 Å². The Kier molecular flexibility index (Phi) is 13.5. The molecule has 0 radical (unpaired) electrons. The molecule has 0 bridgehead atoms. The molecule has 2 rings (SSSR count). The third-order valence-electron chi connectivity index (χ3n) is 1.87. The Morgan fingerprint density at radius 3 is 2.40 bits per heavy atom. The fraction of sp³-hybridized carbons (Fsp3) is 0.167. The molecule has 0 spiro atoms. The quantitative estimate of drug-likeness (QED) is 0.408. The third-order valence-corrected chi connectivity index (χ3v) is 1.87. The molecule has 0 amide bonds. The van der Waals surface area contributed by atoms with E-state index >= 15 is 0 Å². The predicted octanol–water partition coefficient (Wildman–Crippen LogP) is -1.76. The van der Waals surface area contributed by atoms with Gasteiger partial charge in [0.05, 0.1) is 23.5 Å². The van der Waals surface area contributed by atoms with E-state index in [0.717, 1.165) is 18.4 Å². The van der Waals surface area contributed by atoms with Crippen molar-refractivity contribution in [2.45, 2.75) is 6.42 Å². The zero-order valence-corrected chi connectivity index (χ0v) is 10.7. The van der Waals surface area contributed by atoms with Gasteiger partial charge in [0.2, 0.25) is 6.20 Å². The number of hydrogen-bond donors (Lipinski definition) is 1. The molecule has 0 aliphatic carbocycles. The molecular weight excluding hydrogens is 270 g/mol. The molecule has 0 aliphatic rings. The number of nitrogens with two attached hydrogens (primary N) is 1. The van der Waals surface area contributed by atoms with Crippen molar-refractivity contribution in [1.29, 1.82) is 0 Å². The van der Waals surface area contributed by atoms with Crippen LogP contribution in [-0.2, 0) is 6.42 Å². The molecule has 0 saturated heterocycles. The van der Waals surface area contributed by atoms with Crippen molar-refractivity contribution in [1.82, 2.24) is 0 Å². The summed E-state index contributed by atoms with van der Waals surface area (Å²) in [5.74, 6) is 1.45. The topological polar surface area (TPSA) is 95.4 Å². The fourth-order valence-electron chi connectivity index (χ4n) is 1.12. The van der Waals surface area contributed by atoms with Crippen LogP contribution in [0.4, 0.5) is 0 Å². The van der Waals surface area contributed by atoms with Gasteiger partial charge in [-0.3, -0.25) is 10.1 Å². The zero-order valence-electron chi connectivity index (χ0n) is 11.7. The summed E-state index contributed by atoms with van der Waals surface area (Å²) in [7, 11) is 0. The number of nitrogens with zero attached hydrogens (tertiary/aromatic N) is 1. The predicted molar refractivity (Wildman–Crippen MR) is 77.3 cm³/mol. The van der Waals surface area contributed by atoms with E-state index in [1.54, 1.807) is 18.4 Å². The summed E-state index contributed by atoms with van der Waals surface area (Å²) in [6.45, 7) is 0.660. The maximum absolute atomic E-state index is 9.77. The van der Waals surface area contributed by atoms with Crippen LogP contribution in [0.15, 0.2) is 51.8 Å². The first-order valence-electron chi connectivity index (χ1n) is 5.30. The summed E-state index contributed by atoms with van der Waals surface area (Å²) in [4.78, 5) is 9.23. The zero-order chi connectivity index (χ0) is 13.2. The first-order valence-corrected chi connectivity index (χ1v) is 5.30. The van der Waals surface area contributed by atoms with Crippen molar-refractivity contribution >= 4 is 23.4 Å². The second-order valence-electron chi connectivity index (χ2n) is 3.23. The van der Waals surface area contributed by atoms with E-state index < -0.39 is 4.92 Å². The van der Waals surface area contributed by atoms with Gasteiger partial charge in [-0.15, -0.1) is 0 Å². The van der Waals surface area contributed by atoms with Crippen LogP contribution >= 0.6 is 0 Å². The number of nitro groups is 1. The molecule has 2 heterocycles. The van der Waals surface area contributed by atoms with Gasteiger partial charge in [0.1, 0.15) is 11.5 Å². The van der Waals surface area contributed by atoms with Crippen molar-refractivity contribution in [2.24, 2.45) is 5.73 Å². The average Bonchev–Trinajstić information content (AvgIpc) is 3.00. The van der Waals surface area contributed by atoms with Crippen LogP contribution in [0.25, 0.3) is 6.08 Å². The molecule has 2 aromatic heterocycles. The number of furan rings is 2. The van der Waals surface area contributed by atoms with Gasteiger partial charge in [0, 0.05) is 6.42 Å². The first-order chi connectivity index (χ1) is 8.72. The molecular formula is C12H18AlLiN2O4. The van der Waals surface area contributed by atoms with Gasteiger partial charge in [0.25, 0.3) is 0 Å². The van der Waals surface area contributed by atoms with E-state index in [0.29, 0.717) is 12.3 Å². The second kappa shape index (κ2) is 12.8. The molecule has 20 heavy (non-hydrogen) atoms. The largest absolute Gasteiger partial charge is 1.00 e. The molecule has 6 nitrogen and oxygen atoms in total. The van der Waals surface area contributed by atoms with Crippen LogP contribution in [-0.4, -0.2) is 28.8 Å². The molecule has 0 saturated carbocycles. The van der Waals surface area contributed by atoms with E-state index in [4.69, 9.17) is 14.6 Å². The smallest absolute Gasteiger partial charge is 1.00 e. The van der Waals surface area contributed by atoms with Crippen molar-refractivity contribution in [3.05, 3.63) is 64.6 Å². The molecule has 0 aliphatic heterocycles. The molecule has 0 aromatic carbocycles. The van der Waals surface area contributed by atoms with Crippen LogP contribution < -0.4 is 24.6 Å². The summed E-state index contributed by atoms with van der Waals surface area (Å²) in [5.41, 5.74) is 5.26. The van der Waals surface area contributed by atoms with Gasteiger partial charge in [-0.1, -0.05) is 0 Å². The molecule has 8 heteroatoms.